The maximum absolute atomic E-state index is 5.44. The number of nitrogens with one attached hydrogen (secondary N) is 2. The largest absolute Gasteiger partial charge is 0.497 e. The van der Waals surface area contributed by atoms with Gasteiger partial charge in [0.05, 0.1) is 27.4 Å². The minimum absolute atomic E-state index is 0.626. The number of benzene rings is 1. The summed E-state index contributed by atoms with van der Waals surface area (Å²) < 4.78 is 21.1. The highest BCUT2D eigenvalue weighted by Crippen LogP contribution is 2.24. The summed E-state index contributed by atoms with van der Waals surface area (Å²) in [4.78, 5) is 4.57. The fourth-order valence-corrected chi connectivity index (χ4v) is 2.34. The molecule has 0 fully saturated rings. The van der Waals surface area contributed by atoms with Gasteiger partial charge >= 0.3 is 0 Å². The standard InChI is InChI=1S/C19H33N3O4/c1-5-20-19(21-10-6-12-26-14-13-23-2)22-11-9-16-15-17(24-3)7-8-18(16)25-4/h7-8,15H,5-6,9-14H2,1-4H3,(H2,20,21,22). The van der Waals surface area contributed by atoms with Crippen molar-refractivity contribution in [3.05, 3.63) is 23.8 Å². The van der Waals surface area contributed by atoms with Crippen molar-refractivity contribution in [2.75, 3.05) is 60.8 Å². The monoisotopic (exact) mass is 367 g/mol. The molecule has 0 aromatic heterocycles. The highest BCUT2D eigenvalue weighted by atomic mass is 16.5. The van der Waals surface area contributed by atoms with Gasteiger partial charge in [-0.05, 0) is 43.5 Å². The summed E-state index contributed by atoms with van der Waals surface area (Å²) in [7, 11) is 5.01. The molecule has 0 saturated heterocycles. The average Bonchev–Trinajstić information content (AvgIpc) is 2.67. The van der Waals surface area contributed by atoms with E-state index >= 15 is 0 Å². The lowest BCUT2D eigenvalue weighted by Gasteiger charge is -2.13. The van der Waals surface area contributed by atoms with E-state index in [2.05, 4.69) is 22.5 Å². The first-order valence-corrected chi connectivity index (χ1v) is 9.04. The number of hydrogen-bond acceptors (Lipinski definition) is 5. The van der Waals surface area contributed by atoms with Gasteiger partial charge in [0.15, 0.2) is 5.96 Å². The fraction of sp³-hybridized carbons (Fsp3) is 0.632. The normalized spacial score (nSPS) is 11.3. The van der Waals surface area contributed by atoms with Gasteiger partial charge < -0.3 is 29.6 Å². The Balaban J connectivity index is 2.42. The van der Waals surface area contributed by atoms with E-state index in [9.17, 15) is 0 Å². The van der Waals surface area contributed by atoms with Crippen LogP contribution in [-0.4, -0.2) is 66.7 Å². The van der Waals surface area contributed by atoms with Crippen LogP contribution < -0.4 is 20.1 Å². The molecule has 0 bridgehead atoms. The van der Waals surface area contributed by atoms with Gasteiger partial charge in [-0.2, -0.15) is 0 Å². The molecular weight excluding hydrogens is 334 g/mol. The molecule has 0 aliphatic carbocycles. The third kappa shape index (κ3) is 8.92. The third-order valence-corrected chi connectivity index (χ3v) is 3.67. The summed E-state index contributed by atoms with van der Waals surface area (Å²) in [5.41, 5.74) is 1.10. The zero-order valence-corrected chi connectivity index (χ0v) is 16.5. The number of methoxy groups -OCH3 is 3. The second-order valence-corrected chi connectivity index (χ2v) is 5.57. The molecule has 26 heavy (non-hydrogen) atoms. The van der Waals surface area contributed by atoms with E-state index in [0.29, 0.717) is 26.4 Å². The summed E-state index contributed by atoms with van der Waals surface area (Å²) in [6.07, 6.45) is 1.69. The second kappa shape index (κ2) is 14.2. The number of guanidine groups is 1. The van der Waals surface area contributed by atoms with Crippen molar-refractivity contribution in [3.8, 4) is 11.5 Å². The number of ether oxygens (including phenoxy) is 4. The molecule has 1 rings (SSSR count). The van der Waals surface area contributed by atoms with Crippen molar-refractivity contribution in [2.45, 2.75) is 19.8 Å². The van der Waals surface area contributed by atoms with Crippen LogP contribution in [0.1, 0.15) is 18.9 Å². The molecule has 0 spiro atoms. The lowest BCUT2D eigenvalue weighted by Crippen LogP contribution is -2.38. The molecule has 0 amide bonds. The molecule has 7 nitrogen and oxygen atoms in total. The molecule has 7 heteroatoms. The summed E-state index contributed by atoms with van der Waals surface area (Å²) >= 11 is 0. The van der Waals surface area contributed by atoms with Gasteiger partial charge in [0, 0.05) is 33.4 Å². The van der Waals surface area contributed by atoms with Gasteiger partial charge in [-0.3, -0.25) is 4.99 Å². The van der Waals surface area contributed by atoms with E-state index < -0.39 is 0 Å². The van der Waals surface area contributed by atoms with Crippen LogP contribution in [0.25, 0.3) is 0 Å². The Morgan fingerprint density at radius 3 is 2.58 bits per heavy atom. The predicted octanol–water partition coefficient (Wildman–Crippen LogP) is 1.85. The molecule has 0 radical (unpaired) electrons. The van der Waals surface area contributed by atoms with E-state index in [1.807, 2.05) is 18.2 Å². The van der Waals surface area contributed by atoms with Crippen molar-refractivity contribution in [1.82, 2.24) is 10.6 Å². The minimum atomic E-state index is 0.626. The van der Waals surface area contributed by atoms with Crippen LogP contribution in [0.5, 0.6) is 11.5 Å². The highest BCUT2D eigenvalue weighted by molar-refractivity contribution is 5.79. The van der Waals surface area contributed by atoms with E-state index in [1.165, 1.54) is 0 Å². The Labute approximate surface area is 157 Å². The Kier molecular flexibility index (Phi) is 12.1. The maximum Gasteiger partial charge on any atom is 0.191 e. The van der Waals surface area contributed by atoms with Gasteiger partial charge in [-0.15, -0.1) is 0 Å². The molecule has 1 aromatic rings. The van der Waals surface area contributed by atoms with Crippen molar-refractivity contribution >= 4 is 5.96 Å². The number of aliphatic imine (C=N–C) groups is 1. The van der Waals surface area contributed by atoms with E-state index in [0.717, 1.165) is 49.0 Å². The highest BCUT2D eigenvalue weighted by Gasteiger charge is 2.05. The number of rotatable bonds is 13. The van der Waals surface area contributed by atoms with Crippen molar-refractivity contribution in [1.29, 1.82) is 0 Å². The first kappa shape index (κ1) is 22.1. The van der Waals surface area contributed by atoms with Gasteiger partial charge in [0.1, 0.15) is 11.5 Å². The molecule has 0 atom stereocenters. The van der Waals surface area contributed by atoms with E-state index in [4.69, 9.17) is 18.9 Å². The molecule has 0 aliphatic heterocycles. The lowest BCUT2D eigenvalue weighted by molar-refractivity contribution is 0.0702. The molecule has 0 saturated carbocycles. The summed E-state index contributed by atoms with van der Waals surface area (Å²) in [5.74, 6) is 2.50. The minimum Gasteiger partial charge on any atom is -0.497 e. The Bertz CT molecular complexity index is 524. The Hall–Kier alpha value is -1.99. The first-order valence-electron chi connectivity index (χ1n) is 9.04. The molecule has 0 heterocycles. The first-order chi connectivity index (χ1) is 12.7. The zero-order chi connectivity index (χ0) is 19.0. The van der Waals surface area contributed by atoms with Crippen LogP contribution >= 0.6 is 0 Å². The smallest absolute Gasteiger partial charge is 0.191 e. The van der Waals surface area contributed by atoms with Crippen LogP contribution in [0, 0.1) is 0 Å². The van der Waals surface area contributed by atoms with Gasteiger partial charge in [-0.1, -0.05) is 0 Å². The summed E-state index contributed by atoms with van der Waals surface area (Å²) in [6.45, 7) is 6.27. The van der Waals surface area contributed by atoms with E-state index in [1.54, 1.807) is 21.3 Å². The molecule has 0 unspecified atom stereocenters. The van der Waals surface area contributed by atoms with Gasteiger partial charge in [-0.25, -0.2) is 0 Å². The van der Waals surface area contributed by atoms with Gasteiger partial charge in [0.2, 0.25) is 0 Å². The Morgan fingerprint density at radius 2 is 1.88 bits per heavy atom. The lowest BCUT2D eigenvalue weighted by atomic mass is 10.1. The Morgan fingerprint density at radius 1 is 1.04 bits per heavy atom. The van der Waals surface area contributed by atoms with Crippen molar-refractivity contribution in [2.24, 2.45) is 4.99 Å². The number of hydrogen-bond donors (Lipinski definition) is 2. The molecule has 2 N–H and O–H groups in total. The molecule has 0 aliphatic rings. The predicted molar refractivity (Wildman–Crippen MR) is 105 cm³/mol. The van der Waals surface area contributed by atoms with Crippen molar-refractivity contribution in [3.63, 3.8) is 0 Å². The van der Waals surface area contributed by atoms with E-state index in [-0.39, 0.29) is 0 Å². The third-order valence-electron chi connectivity index (χ3n) is 3.67. The molecule has 1 aromatic carbocycles. The van der Waals surface area contributed by atoms with Crippen LogP contribution in [0.2, 0.25) is 0 Å². The van der Waals surface area contributed by atoms with Gasteiger partial charge in [0.25, 0.3) is 0 Å². The van der Waals surface area contributed by atoms with Crippen LogP contribution in [0.4, 0.5) is 0 Å². The second-order valence-electron chi connectivity index (χ2n) is 5.57. The van der Waals surface area contributed by atoms with Crippen LogP contribution in [0.15, 0.2) is 23.2 Å². The number of nitrogens with zero attached hydrogens (tertiary/aromatic N) is 1. The molecular formula is C19H33N3O4. The quantitative estimate of drug-likeness (QED) is 0.315. The summed E-state index contributed by atoms with van der Waals surface area (Å²) in [5, 5.41) is 6.60. The average molecular weight is 367 g/mol. The van der Waals surface area contributed by atoms with Crippen LogP contribution in [-0.2, 0) is 15.9 Å². The van der Waals surface area contributed by atoms with Crippen LogP contribution in [0.3, 0.4) is 0 Å². The fourth-order valence-electron chi connectivity index (χ4n) is 2.34. The summed E-state index contributed by atoms with van der Waals surface area (Å²) in [6, 6.07) is 5.83. The topological polar surface area (TPSA) is 73.3 Å². The van der Waals surface area contributed by atoms with Crippen molar-refractivity contribution < 1.29 is 18.9 Å². The SMILES string of the molecule is CCNC(=NCCCOCCOC)NCCc1cc(OC)ccc1OC. The molecule has 148 valence electrons. The zero-order valence-electron chi connectivity index (χ0n) is 16.5. The maximum atomic E-state index is 5.44.